The van der Waals surface area contributed by atoms with Crippen LogP contribution in [-0.2, 0) is 10.0 Å². The second kappa shape index (κ2) is 4.77. The molecule has 1 aliphatic rings. The van der Waals surface area contributed by atoms with Crippen LogP contribution < -0.4 is 5.73 Å². The summed E-state index contributed by atoms with van der Waals surface area (Å²) in [6.45, 7) is 2.14. The molecule has 1 atom stereocenters. The molecule has 0 aliphatic carbocycles. The van der Waals surface area contributed by atoms with Crippen LogP contribution >= 0.6 is 11.6 Å². The number of nitrogens with two attached hydrogens (primary N) is 1. The quantitative estimate of drug-likeness (QED) is 0.899. The number of hydrogen-bond acceptors (Lipinski definition) is 3. The van der Waals surface area contributed by atoms with E-state index in [1.165, 1.54) is 17.3 Å². The van der Waals surface area contributed by atoms with E-state index in [2.05, 4.69) is 0 Å². The number of nitrogens with zero attached hydrogens (tertiary/aromatic N) is 1. The number of aryl methyl sites for hydroxylation is 1. The lowest BCUT2D eigenvalue weighted by Gasteiger charge is -2.17. The fraction of sp³-hybridized carbons (Fsp3) is 0.455. The van der Waals surface area contributed by atoms with Crippen LogP contribution in [-0.4, -0.2) is 31.9 Å². The minimum atomic E-state index is -3.69. The van der Waals surface area contributed by atoms with Gasteiger partial charge in [0.15, 0.2) is 0 Å². The molecule has 7 heteroatoms. The van der Waals surface area contributed by atoms with Crippen LogP contribution in [0.5, 0.6) is 0 Å². The number of benzene rings is 1. The van der Waals surface area contributed by atoms with Crippen molar-refractivity contribution in [3.05, 3.63) is 28.5 Å². The topological polar surface area (TPSA) is 63.4 Å². The molecule has 0 amide bonds. The van der Waals surface area contributed by atoms with E-state index in [1.807, 2.05) is 0 Å². The highest BCUT2D eigenvalue weighted by atomic mass is 35.5. The zero-order valence-electron chi connectivity index (χ0n) is 9.86. The Morgan fingerprint density at radius 1 is 1.50 bits per heavy atom. The van der Waals surface area contributed by atoms with Crippen LogP contribution in [0.3, 0.4) is 0 Å². The van der Waals surface area contributed by atoms with Crippen molar-refractivity contribution >= 4 is 21.6 Å². The Balaban J connectivity index is 2.45. The highest BCUT2D eigenvalue weighted by molar-refractivity contribution is 7.89. The fourth-order valence-corrected chi connectivity index (χ4v) is 4.03. The molecule has 4 nitrogen and oxygen atoms in total. The number of sulfonamides is 1. The van der Waals surface area contributed by atoms with Gasteiger partial charge < -0.3 is 5.73 Å². The van der Waals surface area contributed by atoms with E-state index in [1.54, 1.807) is 0 Å². The first-order valence-electron chi connectivity index (χ1n) is 5.53. The zero-order valence-corrected chi connectivity index (χ0v) is 11.4. The first kappa shape index (κ1) is 13.7. The Morgan fingerprint density at radius 2 is 2.17 bits per heavy atom. The molecule has 1 heterocycles. The van der Waals surface area contributed by atoms with Crippen molar-refractivity contribution < 1.29 is 12.8 Å². The van der Waals surface area contributed by atoms with E-state index < -0.39 is 15.8 Å². The van der Waals surface area contributed by atoms with E-state index in [4.69, 9.17) is 17.3 Å². The van der Waals surface area contributed by atoms with Crippen molar-refractivity contribution in [2.45, 2.75) is 24.3 Å². The largest absolute Gasteiger partial charge is 0.326 e. The van der Waals surface area contributed by atoms with Crippen LogP contribution in [0.2, 0.25) is 5.02 Å². The Morgan fingerprint density at radius 3 is 2.72 bits per heavy atom. The average molecular weight is 293 g/mol. The van der Waals surface area contributed by atoms with Crippen molar-refractivity contribution in [2.24, 2.45) is 5.73 Å². The molecule has 1 aromatic rings. The standard InChI is InChI=1S/C11H14ClFN2O2S/c1-7-4-11(9(12)5-10(7)13)18(16,17)15-3-2-8(14)6-15/h4-5,8H,2-3,6,14H2,1H3/t8-/m0/s1. The van der Waals surface area contributed by atoms with Crippen LogP contribution in [0.1, 0.15) is 12.0 Å². The Hall–Kier alpha value is -0.690. The molecule has 1 aliphatic heterocycles. The molecule has 0 radical (unpaired) electrons. The highest BCUT2D eigenvalue weighted by Gasteiger charge is 2.32. The molecule has 100 valence electrons. The van der Waals surface area contributed by atoms with Gasteiger partial charge >= 0.3 is 0 Å². The summed E-state index contributed by atoms with van der Waals surface area (Å²) in [4.78, 5) is -0.0582. The molecule has 0 aromatic heterocycles. The van der Waals surface area contributed by atoms with E-state index in [0.29, 0.717) is 13.0 Å². The maximum absolute atomic E-state index is 13.3. The summed E-state index contributed by atoms with van der Waals surface area (Å²) in [5.74, 6) is -0.517. The first-order chi connectivity index (χ1) is 8.32. The summed E-state index contributed by atoms with van der Waals surface area (Å²) in [6.07, 6.45) is 0.622. The van der Waals surface area contributed by atoms with Crippen molar-refractivity contribution in [1.29, 1.82) is 0 Å². The third-order valence-corrected chi connectivity index (χ3v) is 5.35. The maximum atomic E-state index is 13.3. The van der Waals surface area contributed by atoms with Gasteiger partial charge in [0.25, 0.3) is 0 Å². The number of hydrogen-bond donors (Lipinski definition) is 1. The fourth-order valence-electron chi connectivity index (χ4n) is 1.94. The van der Waals surface area contributed by atoms with Gasteiger partial charge in [0.05, 0.1) is 5.02 Å². The smallest absolute Gasteiger partial charge is 0.244 e. The van der Waals surface area contributed by atoms with Crippen molar-refractivity contribution in [3.8, 4) is 0 Å². The van der Waals surface area contributed by atoms with E-state index in [-0.39, 0.29) is 28.1 Å². The number of halogens is 2. The van der Waals surface area contributed by atoms with Gasteiger partial charge in [0, 0.05) is 19.1 Å². The minimum absolute atomic E-state index is 0.0582. The van der Waals surface area contributed by atoms with Gasteiger partial charge in [-0.3, -0.25) is 0 Å². The zero-order chi connectivity index (χ0) is 13.5. The van der Waals surface area contributed by atoms with Crippen molar-refractivity contribution in [1.82, 2.24) is 4.31 Å². The predicted molar refractivity (Wildman–Crippen MR) is 67.5 cm³/mol. The molecule has 0 bridgehead atoms. The summed E-state index contributed by atoms with van der Waals surface area (Å²) in [7, 11) is -3.69. The lowest BCUT2D eigenvalue weighted by molar-refractivity contribution is 0.472. The minimum Gasteiger partial charge on any atom is -0.326 e. The Bertz CT molecular complexity index is 577. The molecule has 2 N–H and O–H groups in total. The summed E-state index contributed by atoms with van der Waals surface area (Å²) >= 11 is 5.82. The molecule has 0 spiro atoms. The highest BCUT2D eigenvalue weighted by Crippen LogP contribution is 2.29. The molecule has 0 saturated carbocycles. The predicted octanol–water partition coefficient (Wildman–Crippen LogP) is 1.51. The van der Waals surface area contributed by atoms with Gasteiger partial charge in [0.2, 0.25) is 10.0 Å². The third-order valence-electron chi connectivity index (χ3n) is 3.02. The molecule has 1 fully saturated rings. The van der Waals surface area contributed by atoms with Gasteiger partial charge in [-0.05, 0) is 31.0 Å². The third kappa shape index (κ3) is 2.38. The summed E-state index contributed by atoms with van der Waals surface area (Å²) < 4.78 is 39.2. The monoisotopic (exact) mass is 292 g/mol. The molecular weight excluding hydrogens is 279 g/mol. The van der Waals surface area contributed by atoms with Gasteiger partial charge in [-0.1, -0.05) is 11.6 Å². The van der Waals surface area contributed by atoms with Crippen molar-refractivity contribution in [2.75, 3.05) is 13.1 Å². The maximum Gasteiger partial charge on any atom is 0.244 e. The normalized spacial score (nSPS) is 21.4. The van der Waals surface area contributed by atoms with E-state index >= 15 is 0 Å². The summed E-state index contributed by atoms with van der Waals surface area (Å²) in [5.41, 5.74) is 5.94. The van der Waals surface area contributed by atoms with E-state index in [0.717, 1.165) is 6.07 Å². The second-order valence-electron chi connectivity index (χ2n) is 4.44. The summed E-state index contributed by atoms with van der Waals surface area (Å²) in [5, 5.41) is -0.0985. The molecular formula is C11H14ClFN2O2S. The lowest BCUT2D eigenvalue weighted by Crippen LogP contribution is -2.32. The van der Waals surface area contributed by atoms with Crippen LogP contribution in [0.4, 0.5) is 4.39 Å². The number of rotatable bonds is 2. The molecule has 1 saturated heterocycles. The second-order valence-corrected chi connectivity index (χ2v) is 6.76. The Labute approximate surface area is 111 Å². The van der Waals surface area contributed by atoms with Crippen molar-refractivity contribution in [3.63, 3.8) is 0 Å². The van der Waals surface area contributed by atoms with Crippen LogP contribution in [0.25, 0.3) is 0 Å². The molecule has 18 heavy (non-hydrogen) atoms. The lowest BCUT2D eigenvalue weighted by atomic mass is 10.2. The molecule has 2 rings (SSSR count). The van der Waals surface area contributed by atoms with Gasteiger partial charge in [-0.2, -0.15) is 4.31 Å². The van der Waals surface area contributed by atoms with Crippen LogP contribution in [0.15, 0.2) is 17.0 Å². The molecule has 0 unspecified atom stereocenters. The average Bonchev–Trinajstić information content (AvgIpc) is 2.70. The van der Waals surface area contributed by atoms with E-state index in [9.17, 15) is 12.8 Å². The van der Waals surface area contributed by atoms with Gasteiger partial charge in [-0.15, -0.1) is 0 Å². The summed E-state index contributed by atoms with van der Waals surface area (Å²) in [6, 6.07) is 2.14. The first-order valence-corrected chi connectivity index (χ1v) is 7.35. The van der Waals surface area contributed by atoms with Crippen LogP contribution in [0, 0.1) is 12.7 Å². The Kier molecular flexibility index (Phi) is 3.64. The van der Waals surface area contributed by atoms with Gasteiger partial charge in [-0.25, -0.2) is 12.8 Å². The molecule has 1 aromatic carbocycles. The van der Waals surface area contributed by atoms with Gasteiger partial charge in [0.1, 0.15) is 10.7 Å². The SMILES string of the molecule is Cc1cc(S(=O)(=O)N2CC[C@H](N)C2)c(Cl)cc1F.